The molecule has 0 radical (unpaired) electrons. The van der Waals surface area contributed by atoms with E-state index in [-0.39, 0.29) is 11.2 Å². The minimum atomic E-state index is -0.250. The Bertz CT molecular complexity index is 555. The molecule has 1 amide bonds. The highest BCUT2D eigenvalue weighted by molar-refractivity contribution is 8.00. The van der Waals surface area contributed by atoms with Gasteiger partial charge in [-0.3, -0.25) is 9.89 Å². The van der Waals surface area contributed by atoms with E-state index in [1.54, 1.807) is 0 Å². The maximum atomic E-state index is 12.1. The lowest BCUT2D eigenvalue weighted by Crippen LogP contribution is -2.22. The van der Waals surface area contributed by atoms with E-state index in [0.29, 0.717) is 5.16 Å². The number of amides is 1. The largest absolute Gasteiger partial charge is 0.325 e. The summed E-state index contributed by atoms with van der Waals surface area (Å²) in [6.45, 7) is 3.93. The van der Waals surface area contributed by atoms with Gasteiger partial charge in [-0.25, -0.2) is 4.98 Å². The molecule has 0 aliphatic carbocycles. The molecule has 1 aromatic heterocycles. The second-order valence-electron chi connectivity index (χ2n) is 4.43. The predicted molar refractivity (Wildman–Crippen MR) is 80.8 cm³/mol. The molecule has 1 heterocycles. The molecular formula is C14H18N4OS. The van der Waals surface area contributed by atoms with Crippen molar-refractivity contribution >= 4 is 23.4 Å². The number of nitrogens with one attached hydrogen (secondary N) is 2. The monoisotopic (exact) mass is 290 g/mol. The summed E-state index contributed by atoms with van der Waals surface area (Å²) in [7, 11) is 0. The van der Waals surface area contributed by atoms with Crippen molar-refractivity contribution in [2.75, 3.05) is 5.32 Å². The lowest BCUT2D eigenvalue weighted by molar-refractivity contribution is -0.115. The molecule has 2 rings (SSSR count). The second kappa shape index (κ2) is 7.09. The van der Waals surface area contributed by atoms with Crippen molar-refractivity contribution in [3.63, 3.8) is 0 Å². The van der Waals surface area contributed by atoms with Gasteiger partial charge in [0.05, 0.1) is 5.25 Å². The van der Waals surface area contributed by atoms with Gasteiger partial charge in [0, 0.05) is 12.1 Å². The van der Waals surface area contributed by atoms with Crippen molar-refractivity contribution in [1.29, 1.82) is 0 Å². The molecule has 106 valence electrons. The fraction of sp³-hybridized carbons (Fsp3) is 0.357. The first kappa shape index (κ1) is 14.6. The number of aromatic nitrogens is 3. The Hall–Kier alpha value is -1.82. The van der Waals surface area contributed by atoms with Crippen molar-refractivity contribution in [3.8, 4) is 0 Å². The minimum absolute atomic E-state index is 0.0527. The fourth-order valence-corrected chi connectivity index (χ4v) is 2.40. The van der Waals surface area contributed by atoms with Crippen LogP contribution in [0.2, 0.25) is 0 Å². The first-order chi connectivity index (χ1) is 9.69. The molecule has 0 spiro atoms. The van der Waals surface area contributed by atoms with E-state index in [1.807, 2.05) is 37.3 Å². The highest BCUT2D eigenvalue weighted by atomic mass is 32.2. The van der Waals surface area contributed by atoms with Crippen LogP contribution in [-0.2, 0) is 11.2 Å². The van der Waals surface area contributed by atoms with Gasteiger partial charge in [0.2, 0.25) is 11.1 Å². The summed E-state index contributed by atoms with van der Waals surface area (Å²) in [5.74, 6) is 0.814. The third-order valence-electron chi connectivity index (χ3n) is 2.69. The van der Waals surface area contributed by atoms with Crippen molar-refractivity contribution < 1.29 is 4.79 Å². The Morgan fingerprint density at radius 1 is 1.40 bits per heavy atom. The molecule has 6 heteroatoms. The first-order valence-corrected chi connectivity index (χ1v) is 7.51. The minimum Gasteiger partial charge on any atom is -0.325 e. The molecule has 1 unspecified atom stereocenters. The summed E-state index contributed by atoms with van der Waals surface area (Å²) in [4.78, 5) is 16.4. The molecule has 2 aromatic rings. The number of thioether (sulfide) groups is 1. The molecule has 2 N–H and O–H groups in total. The Kier molecular flexibility index (Phi) is 5.17. The number of carbonyl (C=O) groups is 1. The number of anilines is 1. The fourth-order valence-electron chi connectivity index (χ4n) is 1.66. The molecule has 0 saturated carbocycles. The molecule has 0 bridgehead atoms. The van der Waals surface area contributed by atoms with Crippen LogP contribution in [0, 0.1) is 0 Å². The van der Waals surface area contributed by atoms with Crippen LogP contribution in [0.15, 0.2) is 35.5 Å². The van der Waals surface area contributed by atoms with Gasteiger partial charge in [-0.2, -0.15) is 0 Å². The van der Waals surface area contributed by atoms with Crippen molar-refractivity contribution in [1.82, 2.24) is 15.2 Å². The van der Waals surface area contributed by atoms with Crippen molar-refractivity contribution in [2.45, 2.75) is 37.1 Å². The highest BCUT2D eigenvalue weighted by Crippen LogP contribution is 2.20. The van der Waals surface area contributed by atoms with Gasteiger partial charge in [0.25, 0.3) is 0 Å². The maximum absolute atomic E-state index is 12.1. The third kappa shape index (κ3) is 4.09. The summed E-state index contributed by atoms with van der Waals surface area (Å²) in [6, 6.07) is 9.42. The summed E-state index contributed by atoms with van der Waals surface area (Å²) in [6.07, 6.45) is 1.89. The zero-order valence-corrected chi connectivity index (χ0v) is 12.4. The van der Waals surface area contributed by atoms with Crippen LogP contribution in [0.3, 0.4) is 0 Å². The van der Waals surface area contributed by atoms with E-state index >= 15 is 0 Å². The number of aryl methyl sites for hydroxylation is 1. The van der Waals surface area contributed by atoms with Gasteiger partial charge in [0.1, 0.15) is 5.82 Å². The number of hydrogen-bond acceptors (Lipinski definition) is 4. The molecule has 0 fully saturated rings. The number of rotatable bonds is 6. The van der Waals surface area contributed by atoms with Gasteiger partial charge in [0.15, 0.2) is 0 Å². The molecule has 0 aliphatic heterocycles. The van der Waals surface area contributed by atoms with Gasteiger partial charge in [-0.1, -0.05) is 36.9 Å². The Morgan fingerprint density at radius 3 is 2.85 bits per heavy atom. The zero-order valence-electron chi connectivity index (χ0n) is 11.6. The van der Waals surface area contributed by atoms with Crippen LogP contribution in [0.4, 0.5) is 5.69 Å². The van der Waals surface area contributed by atoms with Crippen molar-refractivity contribution in [2.24, 2.45) is 0 Å². The number of carbonyl (C=O) groups excluding carboxylic acids is 1. The molecule has 1 atom stereocenters. The van der Waals surface area contributed by atoms with Crippen molar-refractivity contribution in [3.05, 3.63) is 36.2 Å². The van der Waals surface area contributed by atoms with Crippen LogP contribution in [0.5, 0.6) is 0 Å². The molecule has 0 saturated heterocycles. The quantitative estimate of drug-likeness (QED) is 0.803. The number of hydrogen-bond donors (Lipinski definition) is 2. The normalized spacial score (nSPS) is 12.1. The Balaban J connectivity index is 1.90. The number of para-hydroxylation sites is 1. The smallest absolute Gasteiger partial charge is 0.237 e. The van der Waals surface area contributed by atoms with E-state index in [4.69, 9.17) is 0 Å². The topological polar surface area (TPSA) is 70.7 Å². The van der Waals surface area contributed by atoms with Gasteiger partial charge < -0.3 is 5.32 Å². The van der Waals surface area contributed by atoms with E-state index in [1.165, 1.54) is 11.8 Å². The van der Waals surface area contributed by atoms with Gasteiger partial charge in [-0.05, 0) is 25.5 Å². The van der Waals surface area contributed by atoms with E-state index < -0.39 is 0 Å². The van der Waals surface area contributed by atoms with E-state index in [2.05, 4.69) is 27.4 Å². The lowest BCUT2D eigenvalue weighted by atomic mass is 10.3. The number of benzene rings is 1. The van der Waals surface area contributed by atoms with E-state index in [0.717, 1.165) is 24.4 Å². The van der Waals surface area contributed by atoms with Crippen LogP contribution >= 0.6 is 11.8 Å². The van der Waals surface area contributed by atoms with Crippen LogP contribution in [0.1, 0.15) is 26.1 Å². The molecule has 20 heavy (non-hydrogen) atoms. The Labute approximate surface area is 122 Å². The standard InChI is InChI=1S/C14H18N4OS/c1-3-7-12-16-14(18-17-12)20-10(2)13(19)15-11-8-5-4-6-9-11/h4-6,8-10H,3,7H2,1-2H3,(H,15,19)(H,16,17,18). The van der Waals surface area contributed by atoms with Crippen LogP contribution in [-0.4, -0.2) is 26.3 Å². The molecule has 1 aromatic carbocycles. The van der Waals surface area contributed by atoms with E-state index in [9.17, 15) is 4.79 Å². The maximum Gasteiger partial charge on any atom is 0.237 e. The van der Waals surface area contributed by atoms with Crippen LogP contribution in [0.25, 0.3) is 0 Å². The highest BCUT2D eigenvalue weighted by Gasteiger charge is 2.17. The number of nitrogens with zero attached hydrogens (tertiary/aromatic N) is 2. The predicted octanol–water partition coefficient (Wildman–Crippen LogP) is 2.88. The third-order valence-corrected chi connectivity index (χ3v) is 3.65. The average Bonchev–Trinajstić information content (AvgIpc) is 2.87. The van der Waals surface area contributed by atoms with Crippen LogP contribution < -0.4 is 5.32 Å². The zero-order chi connectivity index (χ0) is 14.4. The summed E-state index contributed by atoms with van der Waals surface area (Å²) >= 11 is 1.35. The average molecular weight is 290 g/mol. The molecule has 5 nitrogen and oxygen atoms in total. The second-order valence-corrected chi connectivity index (χ2v) is 5.74. The summed E-state index contributed by atoms with van der Waals surface area (Å²) in [5, 5.41) is 10.2. The Morgan fingerprint density at radius 2 is 2.15 bits per heavy atom. The number of H-pyrrole nitrogens is 1. The SMILES string of the molecule is CCCc1nc(SC(C)C(=O)Nc2ccccc2)n[nH]1. The summed E-state index contributed by atoms with van der Waals surface area (Å²) in [5.41, 5.74) is 0.798. The number of aromatic amines is 1. The molecule has 0 aliphatic rings. The lowest BCUT2D eigenvalue weighted by Gasteiger charge is -2.09. The molecular weight excluding hydrogens is 272 g/mol. The first-order valence-electron chi connectivity index (χ1n) is 6.63. The van der Waals surface area contributed by atoms with Gasteiger partial charge >= 0.3 is 0 Å². The van der Waals surface area contributed by atoms with Gasteiger partial charge in [-0.15, -0.1) is 5.10 Å². The summed E-state index contributed by atoms with van der Waals surface area (Å²) < 4.78 is 0.